The van der Waals surface area contributed by atoms with Gasteiger partial charge in [0.1, 0.15) is 0 Å². The number of imidazole rings is 1. The van der Waals surface area contributed by atoms with Crippen molar-refractivity contribution >= 4 is 29.2 Å². The van der Waals surface area contributed by atoms with E-state index in [2.05, 4.69) is 10.3 Å². The minimum atomic E-state index is 0.513. The van der Waals surface area contributed by atoms with Gasteiger partial charge in [0.15, 0.2) is 0 Å². The first-order chi connectivity index (χ1) is 9.72. The lowest BCUT2D eigenvalue weighted by molar-refractivity contribution is 0.460. The number of nitrogens with zero attached hydrogens (tertiary/aromatic N) is 2. The van der Waals surface area contributed by atoms with Gasteiger partial charge >= 0.3 is 0 Å². The van der Waals surface area contributed by atoms with Gasteiger partial charge in [0.2, 0.25) is 5.95 Å². The molecule has 5 heteroatoms. The Hall–Kier alpha value is -1.19. The number of rotatable bonds is 3. The summed E-state index contributed by atoms with van der Waals surface area (Å²) in [6, 6.07) is 6.03. The van der Waals surface area contributed by atoms with Crippen LogP contribution >= 0.6 is 23.2 Å². The molecule has 1 aromatic carbocycles. The average Bonchev–Trinajstić information content (AvgIpc) is 2.87. The predicted octanol–water partition coefficient (Wildman–Crippen LogP) is 4.92. The molecular weight excluding hydrogens is 293 g/mol. The molecule has 1 aromatic heterocycles. The molecule has 0 aliphatic heterocycles. The van der Waals surface area contributed by atoms with Crippen molar-refractivity contribution in [2.24, 2.45) is 0 Å². The smallest absolute Gasteiger partial charge is 0.207 e. The summed E-state index contributed by atoms with van der Waals surface area (Å²) in [5, 5.41) is 4.79. The highest BCUT2D eigenvalue weighted by atomic mass is 35.5. The first-order valence-corrected chi connectivity index (χ1v) is 7.74. The van der Waals surface area contributed by atoms with Crippen molar-refractivity contribution in [3.05, 3.63) is 40.6 Å². The van der Waals surface area contributed by atoms with Crippen LogP contribution in [0, 0.1) is 0 Å². The first-order valence-electron chi connectivity index (χ1n) is 6.99. The lowest BCUT2D eigenvalue weighted by atomic mass is 9.96. The number of halogens is 2. The maximum Gasteiger partial charge on any atom is 0.207 e. The van der Waals surface area contributed by atoms with E-state index in [1.54, 1.807) is 12.3 Å². The number of benzene rings is 1. The maximum atomic E-state index is 6.07. The molecule has 20 heavy (non-hydrogen) atoms. The van der Waals surface area contributed by atoms with Gasteiger partial charge in [-0.25, -0.2) is 4.98 Å². The van der Waals surface area contributed by atoms with Gasteiger partial charge in [-0.05, 0) is 31.0 Å². The zero-order chi connectivity index (χ0) is 13.9. The van der Waals surface area contributed by atoms with Gasteiger partial charge in [0, 0.05) is 28.5 Å². The highest BCUT2D eigenvalue weighted by Gasteiger charge is 2.15. The zero-order valence-electron chi connectivity index (χ0n) is 11.1. The van der Waals surface area contributed by atoms with Crippen molar-refractivity contribution in [2.45, 2.75) is 38.1 Å². The van der Waals surface area contributed by atoms with E-state index >= 15 is 0 Å². The number of hydrogen-bond donors (Lipinski definition) is 1. The van der Waals surface area contributed by atoms with Crippen molar-refractivity contribution in [3.63, 3.8) is 0 Å². The summed E-state index contributed by atoms with van der Waals surface area (Å²) < 4.78 is 1.99. The Morgan fingerprint density at radius 1 is 1.05 bits per heavy atom. The van der Waals surface area contributed by atoms with Crippen molar-refractivity contribution in [2.75, 3.05) is 5.32 Å². The van der Waals surface area contributed by atoms with E-state index in [-0.39, 0.29) is 0 Å². The largest absolute Gasteiger partial charge is 0.353 e. The minimum absolute atomic E-state index is 0.513. The molecule has 3 nitrogen and oxygen atoms in total. The summed E-state index contributed by atoms with van der Waals surface area (Å²) in [6.07, 6.45) is 10.1. The van der Waals surface area contributed by atoms with E-state index < -0.39 is 0 Å². The lowest BCUT2D eigenvalue weighted by Crippen LogP contribution is -2.24. The molecule has 1 heterocycles. The maximum absolute atomic E-state index is 6.07. The number of aromatic nitrogens is 2. The number of hydrogen-bond acceptors (Lipinski definition) is 2. The summed E-state index contributed by atoms with van der Waals surface area (Å²) in [6.45, 7) is 0. The van der Waals surface area contributed by atoms with E-state index in [0.717, 1.165) is 11.6 Å². The van der Waals surface area contributed by atoms with E-state index in [0.29, 0.717) is 16.1 Å². The molecule has 0 amide bonds. The van der Waals surface area contributed by atoms with Crippen LogP contribution in [0.15, 0.2) is 30.6 Å². The second kappa shape index (κ2) is 6.06. The Morgan fingerprint density at radius 2 is 1.75 bits per heavy atom. The third-order valence-electron chi connectivity index (χ3n) is 3.70. The van der Waals surface area contributed by atoms with Crippen LogP contribution in [0.3, 0.4) is 0 Å². The molecule has 0 bridgehead atoms. The Bertz CT molecular complexity index is 568. The number of anilines is 1. The fourth-order valence-electron chi connectivity index (χ4n) is 2.73. The van der Waals surface area contributed by atoms with E-state index in [1.165, 1.54) is 32.1 Å². The number of nitrogens with one attached hydrogen (secondary N) is 1. The molecule has 106 valence electrons. The molecule has 0 saturated heterocycles. The monoisotopic (exact) mass is 309 g/mol. The zero-order valence-corrected chi connectivity index (χ0v) is 12.7. The van der Waals surface area contributed by atoms with Gasteiger partial charge in [-0.1, -0.05) is 42.5 Å². The molecule has 1 fully saturated rings. The van der Waals surface area contributed by atoms with Gasteiger partial charge in [-0.2, -0.15) is 0 Å². The SMILES string of the molecule is Clc1cc(Cl)cc(-n2ccnc2NC2CCCCC2)c1. The quantitative estimate of drug-likeness (QED) is 0.871. The Kier molecular flexibility index (Phi) is 4.18. The van der Waals surface area contributed by atoms with E-state index in [4.69, 9.17) is 23.2 Å². The highest BCUT2D eigenvalue weighted by Crippen LogP contribution is 2.26. The molecule has 0 unspecified atom stereocenters. The highest BCUT2D eigenvalue weighted by molar-refractivity contribution is 6.34. The fraction of sp³-hybridized carbons (Fsp3) is 0.400. The molecule has 0 atom stereocenters. The van der Waals surface area contributed by atoms with E-state index in [9.17, 15) is 0 Å². The Labute approximate surface area is 128 Å². The van der Waals surface area contributed by atoms with Crippen LogP contribution in [0.5, 0.6) is 0 Å². The minimum Gasteiger partial charge on any atom is -0.353 e. The van der Waals surface area contributed by atoms with Gasteiger partial charge in [0.05, 0.1) is 5.69 Å². The topological polar surface area (TPSA) is 29.9 Å². The second-order valence-electron chi connectivity index (χ2n) is 5.23. The van der Waals surface area contributed by atoms with Gasteiger partial charge in [-0.3, -0.25) is 4.57 Å². The molecule has 3 rings (SSSR count). The van der Waals surface area contributed by atoms with Crippen molar-refractivity contribution in [1.82, 2.24) is 9.55 Å². The summed E-state index contributed by atoms with van der Waals surface area (Å²) in [4.78, 5) is 4.41. The van der Waals surface area contributed by atoms with Crippen molar-refractivity contribution < 1.29 is 0 Å². The molecule has 2 aromatic rings. The van der Waals surface area contributed by atoms with E-state index in [1.807, 2.05) is 22.9 Å². The molecule has 1 aliphatic carbocycles. The van der Waals surface area contributed by atoms with Crippen LogP contribution in [-0.2, 0) is 0 Å². The normalized spacial score (nSPS) is 16.3. The van der Waals surface area contributed by atoms with Crippen LogP contribution in [-0.4, -0.2) is 15.6 Å². The summed E-state index contributed by atoms with van der Waals surface area (Å²) >= 11 is 12.1. The Balaban J connectivity index is 1.85. The van der Waals surface area contributed by atoms with Gasteiger partial charge in [-0.15, -0.1) is 0 Å². The standard InChI is InChI=1S/C15H17Cl2N3/c16-11-8-12(17)10-14(9-11)20-7-6-18-15(20)19-13-4-2-1-3-5-13/h6-10,13H,1-5H2,(H,18,19). The second-order valence-corrected chi connectivity index (χ2v) is 6.10. The molecule has 1 N–H and O–H groups in total. The predicted molar refractivity (Wildman–Crippen MR) is 84.1 cm³/mol. The summed E-state index contributed by atoms with van der Waals surface area (Å²) in [5.74, 6) is 0.857. The average molecular weight is 310 g/mol. The molecule has 1 aliphatic rings. The fourth-order valence-corrected chi connectivity index (χ4v) is 3.24. The van der Waals surface area contributed by atoms with Crippen LogP contribution < -0.4 is 5.32 Å². The van der Waals surface area contributed by atoms with Gasteiger partial charge in [0.25, 0.3) is 0 Å². The van der Waals surface area contributed by atoms with Crippen LogP contribution in [0.25, 0.3) is 5.69 Å². The molecule has 1 saturated carbocycles. The molecular formula is C15H17Cl2N3. The Morgan fingerprint density at radius 3 is 2.45 bits per heavy atom. The van der Waals surface area contributed by atoms with Crippen molar-refractivity contribution in [3.8, 4) is 5.69 Å². The molecule has 0 radical (unpaired) electrons. The lowest BCUT2D eigenvalue weighted by Gasteiger charge is -2.23. The summed E-state index contributed by atoms with van der Waals surface area (Å²) in [5.41, 5.74) is 0.929. The third kappa shape index (κ3) is 3.10. The van der Waals surface area contributed by atoms with Crippen LogP contribution in [0.4, 0.5) is 5.95 Å². The van der Waals surface area contributed by atoms with Crippen LogP contribution in [0.2, 0.25) is 10.0 Å². The molecule has 0 spiro atoms. The third-order valence-corrected chi connectivity index (χ3v) is 4.14. The van der Waals surface area contributed by atoms with Crippen molar-refractivity contribution in [1.29, 1.82) is 0 Å². The van der Waals surface area contributed by atoms with Gasteiger partial charge < -0.3 is 5.32 Å². The first kappa shape index (κ1) is 13.8. The summed E-state index contributed by atoms with van der Waals surface area (Å²) in [7, 11) is 0. The van der Waals surface area contributed by atoms with Crippen LogP contribution in [0.1, 0.15) is 32.1 Å².